The molecule has 170 valence electrons. The highest BCUT2D eigenvalue weighted by molar-refractivity contribution is 7.99. The maximum Gasteiger partial charge on any atom is 0.228 e. The average molecular weight is 456 g/mol. The van der Waals surface area contributed by atoms with Gasteiger partial charge in [-0.25, -0.2) is 0 Å². The van der Waals surface area contributed by atoms with Crippen LogP contribution in [0.1, 0.15) is 35.7 Å². The molecule has 0 spiro atoms. The number of nitrogens with one attached hydrogen (secondary N) is 1. The molecule has 1 atom stereocenters. The van der Waals surface area contributed by atoms with E-state index in [2.05, 4.69) is 37.6 Å². The number of benzene rings is 1. The first-order valence-electron chi connectivity index (χ1n) is 11.4. The molecule has 8 nitrogen and oxygen atoms in total. The van der Waals surface area contributed by atoms with Gasteiger partial charge < -0.3 is 19.4 Å². The minimum Gasteiger partial charge on any atom is -0.378 e. The molecule has 0 bridgehead atoms. The van der Waals surface area contributed by atoms with Gasteiger partial charge in [-0.2, -0.15) is 0 Å². The number of aromatic nitrogens is 4. The van der Waals surface area contributed by atoms with Gasteiger partial charge in [-0.3, -0.25) is 9.36 Å². The Kier molecular flexibility index (Phi) is 6.47. The number of thioether (sulfide) groups is 1. The van der Waals surface area contributed by atoms with Crippen LogP contribution in [0.5, 0.6) is 0 Å². The van der Waals surface area contributed by atoms with E-state index in [0.29, 0.717) is 25.5 Å². The molecule has 2 aliphatic heterocycles. The number of nitrogens with zero attached hydrogens (tertiary/aromatic N) is 4. The third-order valence-corrected chi connectivity index (χ3v) is 7.18. The number of H-pyrrole nitrogens is 1. The van der Waals surface area contributed by atoms with Crippen LogP contribution < -0.4 is 4.90 Å². The maximum absolute atomic E-state index is 13.1. The largest absolute Gasteiger partial charge is 0.378 e. The van der Waals surface area contributed by atoms with Crippen molar-refractivity contribution in [3.63, 3.8) is 0 Å². The summed E-state index contributed by atoms with van der Waals surface area (Å²) >= 11 is 1.45. The van der Waals surface area contributed by atoms with Crippen molar-refractivity contribution < 1.29 is 14.3 Å². The molecule has 1 aromatic carbocycles. The summed E-state index contributed by atoms with van der Waals surface area (Å²) in [5.74, 6) is 1.25. The average Bonchev–Trinajstić information content (AvgIpc) is 3.58. The number of aryl methyl sites for hydroxylation is 1. The first kappa shape index (κ1) is 21.5. The number of ketones is 1. The number of rotatable bonds is 8. The molecule has 2 aliphatic rings. The van der Waals surface area contributed by atoms with Gasteiger partial charge in [0, 0.05) is 42.4 Å². The van der Waals surface area contributed by atoms with Crippen LogP contribution in [0.4, 0.5) is 5.95 Å². The quantitative estimate of drug-likeness (QED) is 0.412. The summed E-state index contributed by atoms with van der Waals surface area (Å²) in [7, 11) is 0. The van der Waals surface area contributed by atoms with Gasteiger partial charge in [0.15, 0.2) is 10.9 Å². The lowest BCUT2D eigenvalue weighted by molar-refractivity contribution is 0.0942. The van der Waals surface area contributed by atoms with Crippen LogP contribution in [0.3, 0.4) is 0 Å². The lowest BCUT2D eigenvalue weighted by Crippen LogP contribution is -2.38. The highest BCUT2D eigenvalue weighted by Gasteiger charge is 2.25. The molecule has 2 fully saturated rings. The second-order valence-electron chi connectivity index (χ2n) is 8.24. The Labute approximate surface area is 191 Å². The molecular weight excluding hydrogens is 426 g/mol. The van der Waals surface area contributed by atoms with Crippen molar-refractivity contribution in [3.8, 4) is 0 Å². The second kappa shape index (κ2) is 9.64. The molecule has 0 aliphatic carbocycles. The SMILES string of the molecule is CCc1cccc2c(C(=O)CSc3nnc(N4CCOCC4)n3CC3CCCO3)c[nH]c12. The first-order valence-corrected chi connectivity index (χ1v) is 12.4. The predicted molar refractivity (Wildman–Crippen MR) is 125 cm³/mol. The maximum atomic E-state index is 13.1. The number of para-hydroxylation sites is 1. The Hall–Kier alpha value is -2.36. The third-order valence-electron chi connectivity index (χ3n) is 6.22. The topological polar surface area (TPSA) is 85.3 Å². The van der Waals surface area contributed by atoms with Gasteiger partial charge in [0.2, 0.25) is 5.95 Å². The highest BCUT2D eigenvalue weighted by Crippen LogP contribution is 2.28. The van der Waals surface area contributed by atoms with E-state index < -0.39 is 0 Å². The number of hydrogen-bond acceptors (Lipinski definition) is 7. The number of Topliss-reactive ketones (excluding diaryl/α,β-unsaturated/α-hetero) is 1. The number of fused-ring (bicyclic) bond motifs is 1. The number of hydrogen-bond donors (Lipinski definition) is 1. The van der Waals surface area contributed by atoms with Crippen LogP contribution in [0, 0.1) is 0 Å². The molecule has 1 unspecified atom stereocenters. The van der Waals surface area contributed by atoms with Crippen molar-refractivity contribution in [2.24, 2.45) is 0 Å². The highest BCUT2D eigenvalue weighted by atomic mass is 32.2. The third kappa shape index (κ3) is 4.29. The van der Waals surface area contributed by atoms with E-state index in [0.717, 1.165) is 66.5 Å². The standard InChI is InChI=1S/C23H29N5O3S/c1-2-16-5-3-7-18-19(13-24-21(16)18)20(29)15-32-23-26-25-22(27-8-11-30-12-9-27)28(23)14-17-6-4-10-31-17/h3,5,7,13,17,24H,2,4,6,8-12,14-15H2,1H3. The molecule has 9 heteroatoms. The molecule has 3 aromatic rings. The molecule has 1 N–H and O–H groups in total. The van der Waals surface area contributed by atoms with Crippen molar-refractivity contribution >= 4 is 34.4 Å². The number of carbonyl (C=O) groups excluding carboxylic acids is 1. The lowest BCUT2D eigenvalue weighted by atomic mass is 10.1. The van der Waals surface area contributed by atoms with Gasteiger partial charge in [-0.1, -0.05) is 36.9 Å². The van der Waals surface area contributed by atoms with E-state index in [4.69, 9.17) is 9.47 Å². The summed E-state index contributed by atoms with van der Waals surface area (Å²) in [6.07, 6.45) is 5.06. The lowest BCUT2D eigenvalue weighted by Gasteiger charge is -2.28. The molecule has 5 rings (SSSR count). The van der Waals surface area contributed by atoms with Gasteiger partial charge in [-0.15, -0.1) is 10.2 Å². The van der Waals surface area contributed by atoms with Crippen LogP contribution in [0.2, 0.25) is 0 Å². The van der Waals surface area contributed by atoms with E-state index in [9.17, 15) is 4.79 Å². The van der Waals surface area contributed by atoms with E-state index >= 15 is 0 Å². The molecule has 0 amide bonds. The monoisotopic (exact) mass is 455 g/mol. The Balaban J connectivity index is 1.35. The molecule has 0 saturated carbocycles. The minimum absolute atomic E-state index is 0.0918. The normalized spacial score (nSPS) is 19.2. The Bertz CT molecular complexity index is 1080. The molecular formula is C23H29N5O3S. The predicted octanol–water partition coefficient (Wildman–Crippen LogP) is 3.31. The molecule has 0 radical (unpaired) electrons. The zero-order valence-electron chi connectivity index (χ0n) is 18.4. The van der Waals surface area contributed by atoms with Crippen LogP contribution in [-0.2, 0) is 22.4 Å². The summed E-state index contributed by atoms with van der Waals surface area (Å²) in [5.41, 5.74) is 3.02. The minimum atomic E-state index is 0.0918. The molecule has 4 heterocycles. The van der Waals surface area contributed by atoms with Crippen molar-refractivity contribution in [3.05, 3.63) is 35.5 Å². The summed E-state index contributed by atoms with van der Waals surface area (Å²) < 4.78 is 13.5. The fourth-order valence-electron chi connectivity index (χ4n) is 4.49. The fraction of sp³-hybridized carbons (Fsp3) is 0.522. The molecule has 2 aromatic heterocycles. The fourth-order valence-corrected chi connectivity index (χ4v) is 5.31. The first-order chi connectivity index (χ1) is 15.7. The number of carbonyl (C=O) groups is 1. The van der Waals surface area contributed by atoms with Crippen molar-refractivity contribution in [2.75, 3.05) is 43.6 Å². The van der Waals surface area contributed by atoms with Crippen molar-refractivity contribution in [1.82, 2.24) is 19.7 Å². The van der Waals surface area contributed by atoms with Gasteiger partial charge >= 0.3 is 0 Å². The zero-order valence-corrected chi connectivity index (χ0v) is 19.2. The van der Waals surface area contributed by atoms with Gasteiger partial charge in [-0.05, 0) is 24.8 Å². The van der Waals surface area contributed by atoms with E-state index in [1.54, 1.807) is 0 Å². The van der Waals surface area contributed by atoms with Crippen molar-refractivity contribution in [1.29, 1.82) is 0 Å². The zero-order chi connectivity index (χ0) is 21.9. The Morgan fingerprint density at radius 1 is 1.25 bits per heavy atom. The van der Waals surface area contributed by atoms with Crippen LogP contribution in [0.25, 0.3) is 10.9 Å². The van der Waals surface area contributed by atoms with Gasteiger partial charge in [0.25, 0.3) is 0 Å². The summed E-state index contributed by atoms with van der Waals surface area (Å²) in [6.45, 7) is 6.61. The van der Waals surface area contributed by atoms with Crippen LogP contribution in [0.15, 0.2) is 29.6 Å². The number of morpholine rings is 1. The van der Waals surface area contributed by atoms with E-state index in [1.807, 2.05) is 18.3 Å². The van der Waals surface area contributed by atoms with Crippen LogP contribution in [-0.4, -0.2) is 70.3 Å². The summed E-state index contributed by atoms with van der Waals surface area (Å²) in [4.78, 5) is 18.6. The summed E-state index contributed by atoms with van der Waals surface area (Å²) in [5, 5.41) is 10.7. The van der Waals surface area contributed by atoms with E-state index in [1.165, 1.54) is 17.3 Å². The number of aromatic amines is 1. The van der Waals surface area contributed by atoms with Gasteiger partial charge in [0.05, 0.1) is 31.6 Å². The number of ether oxygens (including phenoxy) is 2. The number of anilines is 1. The Morgan fingerprint density at radius 3 is 2.91 bits per heavy atom. The molecule has 2 saturated heterocycles. The smallest absolute Gasteiger partial charge is 0.228 e. The summed E-state index contributed by atoms with van der Waals surface area (Å²) in [6, 6.07) is 6.13. The van der Waals surface area contributed by atoms with Crippen molar-refractivity contribution in [2.45, 2.75) is 44.0 Å². The van der Waals surface area contributed by atoms with E-state index in [-0.39, 0.29) is 11.9 Å². The molecule has 32 heavy (non-hydrogen) atoms. The Morgan fingerprint density at radius 2 is 2.12 bits per heavy atom. The van der Waals surface area contributed by atoms with Gasteiger partial charge in [0.1, 0.15) is 0 Å². The van der Waals surface area contributed by atoms with Crippen LogP contribution >= 0.6 is 11.8 Å². The second-order valence-corrected chi connectivity index (χ2v) is 9.18.